The Kier molecular flexibility index (Phi) is 5.16. The van der Waals surface area contributed by atoms with Crippen molar-refractivity contribution in [3.8, 4) is 5.75 Å². The number of ether oxygens (including phenoxy) is 1. The molecule has 1 aromatic carbocycles. The quantitative estimate of drug-likeness (QED) is 0.815. The monoisotopic (exact) mass is 319 g/mol. The molecule has 0 spiro atoms. The SMILES string of the molecule is CCCNCc1cc(F)c(OC2CCS(=O)(=O)C2)c(F)c1. The van der Waals surface area contributed by atoms with E-state index in [4.69, 9.17) is 4.74 Å². The molecule has 1 heterocycles. The average molecular weight is 319 g/mol. The van der Waals surface area contributed by atoms with Crippen LogP contribution in [0.15, 0.2) is 12.1 Å². The molecule has 0 amide bonds. The van der Waals surface area contributed by atoms with Gasteiger partial charge in [-0.05, 0) is 37.1 Å². The van der Waals surface area contributed by atoms with Crippen molar-refractivity contribution in [2.45, 2.75) is 32.4 Å². The fourth-order valence-electron chi connectivity index (χ4n) is 2.26. The van der Waals surface area contributed by atoms with Crippen molar-refractivity contribution in [3.63, 3.8) is 0 Å². The molecule has 1 aliphatic rings. The maximum Gasteiger partial charge on any atom is 0.191 e. The van der Waals surface area contributed by atoms with E-state index in [1.165, 1.54) is 12.1 Å². The van der Waals surface area contributed by atoms with Crippen LogP contribution in [0.4, 0.5) is 8.78 Å². The minimum absolute atomic E-state index is 0.0000733. The van der Waals surface area contributed by atoms with Gasteiger partial charge in [0, 0.05) is 6.54 Å². The molecule has 1 N–H and O–H groups in total. The van der Waals surface area contributed by atoms with E-state index in [1.54, 1.807) is 0 Å². The first-order valence-corrected chi connectivity index (χ1v) is 8.79. The number of benzene rings is 1. The van der Waals surface area contributed by atoms with Crippen LogP contribution in [0.1, 0.15) is 25.3 Å². The summed E-state index contributed by atoms with van der Waals surface area (Å²) in [6, 6.07) is 2.43. The zero-order chi connectivity index (χ0) is 15.5. The van der Waals surface area contributed by atoms with Crippen LogP contribution in [0, 0.1) is 11.6 Å². The first-order chi connectivity index (χ1) is 9.91. The number of rotatable bonds is 6. The minimum Gasteiger partial charge on any atom is -0.483 e. The predicted molar refractivity (Wildman–Crippen MR) is 76.0 cm³/mol. The summed E-state index contributed by atoms with van der Waals surface area (Å²) in [6.07, 6.45) is 0.520. The first kappa shape index (κ1) is 16.2. The van der Waals surface area contributed by atoms with Gasteiger partial charge < -0.3 is 10.1 Å². The maximum absolute atomic E-state index is 13.9. The van der Waals surface area contributed by atoms with Crippen LogP contribution < -0.4 is 10.1 Å². The zero-order valence-corrected chi connectivity index (χ0v) is 12.7. The van der Waals surface area contributed by atoms with Crippen LogP contribution >= 0.6 is 0 Å². The first-order valence-electron chi connectivity index (χ1n) is 6.97. The lowest BCUT2D eigenvalue weighted by atomic mass is 10.2. The molecule has 2 rings (SSSR count). The molecule has 0 aliphatic carbocycles. The second kappa shape index (κ2) is 6.70. The Morgan fingerprint density at radius 1 is 1.33 bits per heavy atom. The van der Waals surface area contributed by atoms with Gasteiger partial charge in [0.15, 0.2) is 27.2 Å². The lowest BCUT2D eigenvalue weighted by Gasteiger charge is -2.14. The predicted octanol–water partition coefficient (Wildman–Crippen LogP) is 2.03. The van der Waals surface area contributed by atoms with E-state index in [2.05, 4.69) is 5.32 Å². The highest BCUT2D eigenvalue weighted by molar-refractivity contribution is 7.91. The largest absolute Gasteiger partial charge is 0.483 e. The van der Waals surface area contributed by atoms with E-state index < -0.39 is 33.3 Å². The zero-order valence-electron chi connectivity index (χ0n) is 11.9. The molecule has 1 aromatic rings. The van der Waals surface area contributed by atoms with Gasteiger partial charge in [-0.2, -0.15) is 0 Å². The Labute approximate surface area is 123 Å². The van der Waals surface area contributed by atoms with E-state index in [0.29, 0.717) is 12.1 Å². The van der Waals surface area contributed by atoms with Gasteiger partial charge in [-0.15, -0.1) is 0 Å². The Balaban J connectivity index is 2.07. The van der Waals surface area contributed by atoms with Gasteiger partial charge >= 0.3 is 0 Å². The van der Waals surface area contributed by atoms with Gasteiger partial charge in [-0.3, -0.25) is 0 Å². The highest BCUT2D eigenvalue weighted by atomic mass is 32.2. The molecule has 118 valence electrons. The van der Waals surface area contributed by atoms with Gasteiger partial charge in [0.1, 0.15) is 6.10 Å². The molecule has 0 bridgehead atoms. The van der Waals surface area contributed by atoms with Crippen LogP contribution in [0.2, 0.25) is 0 Å². The van der Waals surface area contributed by atoms with Crippen LogP contribution in [0.5, 0.6) is 5.75 Å². The fraction of sp³-hybridized carbons (Fsp3) is 0.571. The highest BCUT2D eigenvalue weighted by Gasteiger charge is 2.30. The summed E-state index contributed by atoms with van der Waals surface area (Å²) < 4.78 is 55.7. The summed E-state index contributed by atoms with van der Waals surface area (Å²) in [6.45, 7) is 3.14. The Hall–Kier alpha value is -1.21. The van der Waals surface area contributed by atoms with Crippen molar-refractivity contribution in [2.75, 3.05) is 18.1 Å². The summed E-state index contributed by atoms with van der Waals surface area (Å²) in [5.74, 6) is -2.28. The van der Waals surface area contributed by atoms with Crippen LogP contribution in [-0.4, -0.2) is 32.6 Å². The number of hydrogen-bond donors (Lipinski definition) is 1. The normalized spacial score (nSPS) is 20.6. The third kappa shape index (κ3) is 4.38. The van der Waals surface area contributed by atoms with Gasteiger partial charge in [0.05, 0.1) is 11.5 Å². The summed E-state index contributed by atoms with van der Waals surface area (Å²) in [4.78, 5) is 0. The van der Waals surface area contributed by atoms with Crippen molar-refractivity contribution < 1.29 is 21.9 Å². The molecule has 4 nitrogen and oxygen atoms in total. The molecule has 21 heavy (non-hydrogen) atoms. The summed E-state index contributed by atoms with van der Waals surface area (Å²) >= 11 is 0. The number of sulfone groups is 1. The van der Waals surface area contributed by atoms with Crippen molar-refractivity contribution in [1.82, 2.24) is 5.32 Å². The van der Waals surface area contributed by atoms with Crippen LogP contribution in [0.25, 0.3) is 0 Å². The second-order valence-corrected chi connectivity index (χ2v) is 7.44. The van der Waals surface area contributed by atoms with E-state index in [0.717, 1.165) is 13.0 Å². The van der Waals surface area contributed by atoms with E-state index in [1.807, 2.05) is 6.92 Å². The second-order valence-electron chi connectivity index (χ2n) is 5.21. The molecule has 1 aliphatic heterocycles. The van der Waals surface area contributed by atoms with Gasteiger partial charge in [-0.1, -0.05) is 6.92 Å². The topological polar surface area (TPSA) is 55.4 Å². The maximum atomic E-state index is 13.9. The van der Waals surface area contributed by atoms with Gasteiger partial charge in [0.25, 0.3) is 0 Å². The third-order valence-corrected chi connectivity index (χ3v) is 5.03. The smallest absolute Gasteiger partial charge is 0.191 e. The Bertz CT molecular complexity index is 581. The lowest BCUT2D eigenvalue weighted by Crippen LogP contribution is -2.19. The number of halogens is 2. The Morgan fingerprint density at radius 2 is 2.00 bits per heavy atom. The van der Waals surface area contributed by atoms with E-state index in [9.17, 15) is 17.2 Å². The standard InChI is InChI=1S/C14H19F2NO3S/c1-2-4-17-8-10-6-12(15)14(13(16)7-10)20-11-3-5-21(18,19)9-11/h6-7,11,17H,2-5,8-9H2,1H3. The van der Waals surface area contributed by atoms with E-state index >= 15 is 0 Å². The van der Waals surface area contributed by atoms with Crippen molar-refractivity contribution >= 4 is 9.84 Å². The molecule has 1 atom stereocenters. The third-order valence-electron chi connectivity index (χ3n) is 3.29. The molecule has 1 saturated heterocycles. The fourth-order valence-corrected chi connectivity index (χ4v) is 3.85. The molecule has 0 saturated carbocycles. The molecule has 1 fully saturated rings. The summed E-state index contributed by atoms with van der Waals surface area (Å²) in [7, 11) is -3.14. The van der Waals surface area contributed by atoms with Gasteiger partial charge in [0.2, 0.25) is 0 Å². The number of hydrogen-bond acceptors (Lipinski definition) is 4. The number of nitrogens with one attached hydrogen (secondary N) is 1. The van der Waals surface area contributed by atoms with Crippen molar-refractivity contribution in [2.24, 2.45) is 0 Å². The molecule has 1 unspecified atom stereocenters. The summed E-state index contributed by atoms with van der Waals surface area (Å²) in [5.41, 5.74) is 0.491. The lowest BCUT2D eigenvalue weighted by molar-refractivity contribution is 0.207. The Morgan fingerprint density at radius 3 is 2.52 bits per heavy atom. The molecule has 7 heteroatoms. The highest BCUT2D eigenvalue weighted by Crippen LogP contribution is 2.27. The molecule has 0 aromatic heterocycles. The van der Waals surface area contributed by atoms with Crippen LogP contribution in [-0.2, 0) is 16.4 Å². The average Bonchev–Trinajstić information content (AvgIpc) is 2.74. The minimum atomic E-state index is -3.14. The molecular formula is C14H19F2NO3S. The van der Waals surface area contributed by atoms with Crippen LogP contribution in [0.3, 0.4) is 0 Å². The van der Waals surface area contributed by atoms with Crippen molar-refractivity contribution in [3.05, 3.63) is 29.3 Å². The summed E-state index contributed by atoms with van der Waals surface area (Å²) in [5, 5.41) is 3.06. The van der Waals surface area contributed by atoms with Crippen molar-refractivity contribution in [1.29, 1.82) is 0 Å². The molecular weight excluding hydrogens is 300 g/mol. The molecule has 0 radical (unpaired) electrons. The van der Waals surface area contributed by atoms with Gasteiger partial charge in [-0.25, -0.2) is 17.2 Å². The van der Waals surface area contributed by atoms with E-state index in [-0.39, 0.29) is 17.9 Å².